The van der Waals surface area contributed by atoms with Gasteiger partial charge in [-0.3, -0.25) is 4.79 Å². The quantitative estimate of drug-likeness (QED) is 0.830. The molecule has 0 aliphatic heterocycles. The Hall–Kier alpha value is -2.04. The third-order valence-electron chi connectivity index (χ3n) is 3.16. The summed E-state index contributed by atoms with van der Waals surface area (Å²) >= 11 is 11.6. The summed E-state index contributed by atoms with van der Waals surface area (Å²) in [6.45, 7) is 3.43. The molecule has 6 heteroatoms. The summed E-state index contributed by atoms with van der Waals surface area (Å²) < 4.78 is 4.97. The Bertz CT molecular complexity index is 759. The monoisotopic (exact) mass is 351 g/mol. The van der Waals surface area contributed by atoms with Gasteiger partial charge >= 0.3 is 5.97 Å². The van der Waals surface area contributed by atoms with Crippen LogP contribution < -0.4 is 5.32 Å². The first-order chi connectivity index (χ1) is 10.9. The van der Waals surface area contributed by atoms with Gasteiger partial charge in [-0.1, -0.05) is 35.3 Å². The number of amides is 1. The number of hydrogen-bond acceptors (Lipinski definition) is 3. The SMILES string of the molecule is Cc1ccc(C)c(NC(=O)COC(=O)c2ccc(Cl)c(Cl)c2)c1. The van der Waals surface area contributed by atoms with Crippen LogP contribution in [0.5, 0.6) is 0 Å². The maximum atomic E-state index is 11.9. The minimum absolute atomic E-state index is 0.235. The van der Waals surface area contributed by atoms with Crippen molar-refractivity contribution >= 4 is 40.8 Å². The lowest BCUT2D eigenvalue weighted by molar-refractivity contribution is -0.119. The van der Waals surface area contributed by atoms with Gasteiger partial charge in [0.1, 0.15) is 0 Å². The van der Waals surface area contributed by atoms with Gasteiger partial charge in [0.05, 0.1) is 15.6 Å². The highest BCUT2D eigenvalue weighted by molar-refractivity contribution is 6.42. The van der Waals surface area contributed by atoms with Crippen LogP contribution in [0.3, 0.4) is 0 Å². The van der Waals surface area contributed by atoms with Gasteiger partial charge in [-0.25, -0.2) is 4.79 Å². The van der Waals surface area contributed by atoms with E-state index in [-0.39, 0.29) is 17.2 Å². The number of carbonyl (C=O) groups excluding carboxylic acids is 2. The number of rotatable bonds is 4. The smallest absolute Gasteiger partial charge is 0.338 e. The van der Waals surface area contributed by atoms with E-state index in [1.165, 1.54) is 18.2 Å². The van der Waals surface area contributed by atoms with E-state index in [9.17, 15) is 9.59 Å². The van der Waals surface area contributed by atoms with Crippen LogP contribution in [0.15, 0.2) is 36.4 Å². The summed E-state index contributed by atoms with van der Waals surface area (Å²) in [7, 11) is 0. The summed E-state index contributed by atoms with van der Waals surface area (Å²) in [5, 5.41) is 3.31. The van der Waals surface area contributed by atoms with Crippen molar-refractivity contribution in [3.63, 3.8) is 0 Å². The Kier molecular flexibility index (Phi) is 5.64. The number of esters is 1. The molecule has 0 aromatic heterocycles. The molecule has 0 saturated carbocycles. The van der Waals surface area contributed by atoms with Crippen LogP contribution >= 0.6 is 23.2 Å². The minimum Gasteiger partial charge on any atom is -0.452 e. The van der Waals surface area contributed by atoms with Crippen LogP contribution in [0, 0.1) is 13.8 Å². The zero-order valence-electron chi connectivity index (χ0n) is 12.7. The van der Waals surface area contributed by atoms with Gasteiger partial charge in [-0.2, -0.15) is 0 Å². The highest BCUT2D eigenvalue weighted by atomic mass is 35.5. The van der Waals surface area contributed by atoms with Crippen molar-refractivity contribution in [2.24, 2.45) is 0 Å². The Labute approximate surface area is 144 Å². The molecule has 2 rings (SSSR count). The van der Waals surface area contributed by atoms with E-state index in [1.54, 1.807) is 0 Å². The third kappa shape index (κ3) is 4.71. The van der Waals surface area contributed by atoms with Gasteiger partial charge in [0.2, 0.25) is 0 Å². The second-order valence-electron chi connectivity index (χ2n) is 5.07. The fourth-order valence-corrected chi connectivity index (χ4v) is 2.19. The summed E-state index contributed by atoms with van der Waals surface area (Å²) in [6.07, 6.45) is 0. The van der Waals surface area contributed by atoms with Crippen molar-refractivity contribution in [3.05, 3.63) is 63.1 Å². The van der Waals surface area contributed by atoms with E-state index in [1.807, 2.05) is 32.0 Å². The normalized spacial score (nSPS) is 10.3. The van der Waals surface area contributed by atoms with Crippen molar-refractivity contribution in [1.82, 2.24) is 0 Å². The highest BCUT2D eigenvalue weighted by Gasteiger charge is 2.12. The Morgan fingerprint density at radius 3 is 2.48 bits per heavy atom. The number of carbonyl (C=O) groups is 2. The van der Waals surface area contributed by atoms with E-state index in [0.717, 1.165) is 11.1 Å². The molecule has 0 saturated heterocycles. The summed E-state index contributed by atoms with van der Waals surface area (Å²) in [5.74, 6) is -1.05. The number of anilines is 1. The van der Waals surface area contributed by atoms with Gasteiger partial charge in [0, 0.05) is 5.69 Å². The fraction of sp³-hybridized carbons (Fsp3) is 0.176. The molecule has 2 aromatic carbocycles. The number of benzene rings is 2. The fourth-order valence-electron chi connectivity index (χ4n) is 1.89. The topological polar surface area (TPSA) is 55.4 Å². The summed E-state index contributed by atoms with van der Waals surface area (Å²) in [6, 6.07) is 10.1. The van der Waals surface area contributed by atoms with Gasteiger partial charge in [0.15, 0.2) is 6.61 Å². The molecule has 23 heavy (non-hydrogen) atoms. The molecule has 1 amide bonds. The van der Waals surface area contributed by atoms with Gasteiger partial charge < -0.3 is 10.1 Å². The second kappa shape index (κ2) is 7.49. The lowest BCUT2D eigenvalue weighted by Crippen LogP contribution is -2.21. The van der Waals surface area contributed by atoms with Crippen molar-refractivity contribution in [2.45, 2.75) is 13.8 Å². The standard InChI is InChI=1S/C17H15Cl2NO3/c1-10-3-4-11(2)15(7-10)20-16(21)9-23-17(22)12-5-6-13(18)14(19)8-12/h3-8H,9H2,1-2H3,(H,20,21). The molecular weight excluding hydrogens is 337 g/mol. The summed E-state index contributed by atoms with van der Waals surface area (Å²) in [5.41, 5.74) is 2.89. The molecule has 0 atom stereocenters. The average molecular weight is 352 g/mol. The Morgan fingerprint density at radius 2 is 1.78 bits per heavy atom. The van der Waals surface area contributed by atoms with Crippen molar-refractivity contribution in [1.29, 1.82) is 0 Å². The Balaban J connectivity index is 1.94. The maximum Gasteiger partial charge on any atom is 0.338 e. The Morgan fingerprint density at radius 1 is 1.04 bits per heavy atom. The molecule has 2 aromatic rings. The first-order valence-corrected chi connectivity index (χ1v) is 7.61. The first kappa shape index (κ1) is 17.3. The lowest BCUT2D eigenvalue weighted by atomic mass is 10.1. The van der Waals surface area contributed by atoms with Crippen LogP contribution in [-0.2, 0) is 9.53 Å². The van der Waals surface area contributed by atoms with Gasteiger partial charge in [-0.15, -0.1) is 0 Å². The maximum absolute atomic E-state index is 11.9. The first-order valence-electron chi connectivity index (χ1n) is 6.86. The number of nitrogens with one attached hydrogen (secondary N) is 1. The highest BCUT2D eigenvalue weighted by Crippen LogP contribution is 2.23. The molecule has 0 aliphatic carbocycles. The van der Waals surface area contributed by atoms with Crippen molar-refractivity contribution in [3.8, 4) is 0 Å². The van der Waals surface area contributed by atoms with E-state index >= 15 is 0 Å². The predicted molar refractivity (Wildman–Crippen MR) is 91.3 cm³/mol. The minimum atomic E-state index is -0.639. The molecule has 0 heterocycles. The number of halogens is 2. The van der Waals surface area contributed by atoms with Crippen LogP contribution in [-0.4, -0.2) is 18.5 Å². The molecule has 1 N–H and O–H groups in total. The molecule has 0 fully saturated rings. The molecular formula is C17H15Cl2NO3. The zero-order valence-corrected chi connectivity index (χ0v) is 14.2. The number of ether oxygens (including phenoxy) is 1. The molecule has 0 unspecified atom stereocenters. The zero-order chi connectivity index (χ0) is 17.0. The average Bonchev–Trinajstić information content (AvgIpc) is 2.51. The van der Waals surface area contributed by atoms with E-state index in [4.69, 9.17) is 27.9 Å². The van der Waals surface area contributed by atoms with Crippen molar-refractivity contribution in [2.75, 3.05) is 11.9 Å². The molecule has 0 bridgehead atoms. The molecule has 4 nitrogen and oxygen atoms in total. The molecule has 120 valence electrons. The van der Waals surface area contributed by atoms with E-state index < -0.39 is 11.9 Å². The van der Waals surface area contributed by atoms with Gasteiger partial charge in [-0.05, 0) is 49.2 Å². The van der Waals surface area contributed by atoms with E-state index in [0.29, 0.717) is 10.7 Å². The number of hydrogen-bond donors (Lipinski definition) is 1. The summed E-state index contributed by atoms with van der Waals surface area (Å²) in [4.78, 5) is 23.8. The van der Waals surface area contributed by atoms with Gasteiger partial charge in [0.25, 0.3) is 5.91 Å². The van der Waals surface area contributed by atoms with Crippen LogP contribution in [0.4, 0.5) is 5.69 Å². The van der Waals surface area contributed by atoms with Crippen molar-refractivity contribution < 1.29 is 14.3 Å². The lowest BCUT2D eigenvalue weighted by Gasteiger charge is -2.10. The van der Waals surface area contributed by atoms with Crippen LogP contribution in [0.25, 0.3) is 0 Å². The third-order valence-corrected chi connectivity index (χ3v) is 3.90. The molecule has 0 aliphatic rings. The van der Waals surface area contributed by atoms with Crippen LogP contribution in [0.1, 0.15) is 21.5 Å². The predicted octanol–water partition coefficient (Wildman–Crippen LogP) is 4.41. The molecule has 0 spiro atoms. The van der Waals surface area contributed by atoms with E-state index in [2.05, 4.69) is 5.32 Å². The second-order valence-corrected chi connectivity index (χ2v) is 5.89. The number of aryl methyl sites for hydroxylation is 2. The largest absolute Gasteiger partial charge is 0.452 e. The van der Waals surface area contributed by atoms with Crippen LogP contribution in [0.2, 0.25) is 10.0 Å². The molecule has 0 radical (unpaired) electrons.